The molecule has 0 unspecified atom stereocenters. The molecule has 2 rings (SSSR count). The average molecular weight is 343 g/mol. The van der Waals surface area contributed by atoms with Crippen molar-refractivity contribution in [3.63, 3.8) is 0 Å². The van der Waals surface area contributed by atoms with Crippen molar-refractivity contribution in [1.29, 1.82) is 0 Å². The molecule has 6 heteroatoms. The summed E-state index contributed by atoms with van der Waals surface area (Å²) < 4.78 is 18.0. The molecule has 0 aromatic heterocycles. The van der Waals surface area contributed by atoms with Gasteiger partial charge in [0.1, 0.15) is 5.82 Å². The number of carbonyl (C=O) groups excluding carboxylic acids is 3. The number of ether oxygens (including phenoxy) is 1. The Bertz CT molecular complexity index is 769. The SMILES string of the molecule is CC(=O)Nc1ccc(CC(=O)O[C@H](C)C(=O)c2ccc(F)cc2)cc1. The van der Waals surface area contributed by atoms with Crippen LogP contribution in [0.5, 0.6) is 0 Å². The number of halogens is 1. The van der Waals surface area contributed by atoms with Gasteiger partial charge in [-0.05, 0) is 48.9 Å². The molecule has 0 bridgehead atoms. The zero-order valence-electron chi connectivity index (χ0n) is 13.9. The van der Waals surface area contributed by atoms with Crippen molar-refractivity contribution in [3.05, 3.63) is 65.5 Å². The Morgan fingerprint density at radius 1 is 1.04 bits per heavy atom. The highest BCUT2D eigenvalue weighted by molar-refractivity contribution is 6.00. The van der Waals surface area contributed by atoms with Gasteiger partial charge in [-0.3, -0.25) is 14.4 Å². The van der Waals surface area contributed by atoms with E-state index in [0.717, 1.165) is 0 Å². The molecule has 2 aromatic carbocycles. The average Bonchev–Trinajstić information content (AvgIpc) is 2.56. The van der Waals surface area contributed by atoms with Crippen molar-refractivity contribution in [1.82, 2.24) is 0 Å². The van der Waals surface area contributed by atoms with E-state index < -0.39 is 23.7 Å². The van der Waals surface area contributed by atoms with Crippen LogP contribution in [0.2, 0.25) is 0 Å². The number of anilines is 1. The smallest absolute Gasteiger partial charge is 0.310 e. The molecule has 0 aliphatic carbocycles. The lowest BCUT2D eigenvalue weighted by Gasteiger charge is -2.12. The summed E-state index contributed by atoms with van der Waals surface area (Å²) in [6.45, 7) is 2.88. The van der Waals surface area contributed by atoms with Gasteiger partial charge in [0.25, 0.3) is 0 Å². The highest BCUT2D eigenvalue weighted by atomic mass is 19.1. The number of hydrogen-bond acceptors (Lipinski definition) is 4. The molecule has 0 fully saturated rings. The molecule has 1 N–H and O–H groups in total. The van der Waals surface area contributed by atoms with Gasteiger partial charge in [-0.1, -0.05) is 12.1 Å². The quantitative estimate of drug-likeness (QED) is 0.646. The molecule has 0 saturated carbocycles. The zero-order valence-corrected chi connectivity index (χ0v) is 13.9. The maximum absolute atomic E-state index is 12.9. The third kappa shape index (κ3) is 5.53. The molecular weight excluding hydrogens is 325 g/mol. The van der Waals surface area contributed by atoms with Crippen LogP contribution in [0.1, 0.15) is 29.8 Å². The first kappa shape index (κ1) is 18.3. The highest BCUT2D eigenvalue weighted by Gasteiger charge is 2.19. The normalized spacial score (nSPS) is 11.5. The second kappa shape index (κ2) is 8.19. The van der Waals surface area contributed by atoms with Gasteiger partial charge in [0.2, 0.25) is 11.7 Å². The van der Waals surface area contributed by atoms with Crippen molar-refractivity contribution in [2.24, 2.45) is 0 Å². The number of benzene rings is 2. The molecular formula is C19H18FNO4. The van der Waals surface area contributed by atoms with Crippen LogP contribution >= 0.6 is 0 Å². The monoisotopic (exact) mass is 343 g/mol. The van der Waals surface area contributed by atoms with Crippen LogP contribution in [-0.2, 0) is 20.7 Å². The standard InChI is InChI=1S/C19H18FNO4/c1-12(19(24)15-5-7-16(20)8-6-15)25-18(23)11-14-3-9-17(10-4-14)21-13(2)22/h3-10,12H,11H2,1-2H3,(H,21,22)/t12-/m1/s1. The molecule has 0 saturated heterocycles. The number of hydrogen-bond donors (Lipinski definition) is 1. The molecule has 0 aliphatic rings. The van der Waals surface area contributed by atoms with Gasteiger partial charge < -0.3 is 10.1 Å². The lowest BCUT2D eigenvalue weighted by Crippen LogP contribution is -2.25. The summed E-state index contributed by atoms with van der Waals surface area (Å²) in [5.74, 6) is -1.56. The Morgan fingerprint density at radius 2 is 1.64 bits per heavy atom. The summed E-state index contributed by atoms with van der Waals surface area (Å²) in [6.07, 6.45) is -0.960. The number of amides is 1. The Labute approximate surface area is 144 Å². The summed E-state index contributed by atoms with van der Waals surface area (Å²) in [6, 6.07) is 11.8. The van der Waals surface area contributed by atoms with E-state index in [9.17, 15) is 18.8 Å². The van der Waals surface area contributed by atoms with E-state index in [2.05, 4.69) is 5.32 Å². The number of nitrogens with one attached hydrogen (secondary N) is 1. The maximum atomic E-state index is 12.9. The fraction of sp³-hybridized carbons (Fsp3) is 0.211. The minimum atomic E-state index is -0.961. The number of rotatable bonds is 6. The van der Waals surface area contributed by atoms with Crippen LogP contribution in [0, 0.1) is 5.82 Å². The Hall–Kier alpha value is -3.02. The third-order valence-electron chi connectivity index (χ3n) is 3.43. The molecule has 5 nitrogen and oxygen atoms in total. The lowest BCUT2D eigenvalue weighted by atomic mass is 10.1. The maximum Gasteiger partial charge on any atom is 0.310 e. The fourth-order valence-electron chi connectivity index (χ4n) is 2.22. The van der Waals surface area contributed by atoms with E-state index in [1.165, 1.54) is 38.1 Å². The molecule has 0 spiro atoms. The summed E-state index contributed by atoms with van der Waals surface area (Å²) in [5.41, 5.74) is 1.60. The van der Waals surface area contributed by atoms with E-state index in [0.29, 0.717) is 11.3 Å². The number of ketones is 1. The number of Topliss-reactive ketones (excluding diaryl/α,β-unsaturated/α-hetero) is 1. The van der Waals surface area contributed by atoms with Crippen LogP contribution in [-0.4, -0.2) is 23.8 Å². The van der Waals surface area contributed by atoms with E-state index >= 15 is 0 Å². The molecule has 0 aliphatic heterocycles. The van der Waals surface area contributed by atoms with Gasteiger partial charge in [0.05, 0.1) is 6.42 Å². The molecule has 1 atom stereocenters. The number of esters is 1. The van der Waals surface area contributed by atoms with Crippen molar-refractivity contribution < 1.29 is 23.5 Å². The predicted molar refractivity (Wildman–Crippen MR) is 90.7 cm³/mol. The van der Waals surface area contributed by atoms with Crippen molar-refractivity contribution >= 4 is 23.3 Å². The molecule has 25 heavy (non-hydrogen) atoms. The minimum absolute atomic E-state index is 0.00138. The Balaban J connectivity index is 1.91. The topological polar surface area (TPSA) is 72.5 Å². The minimum Gasteiger partial charge on any atom is -0.454 e. The summed E-state index contributed by atoms with van der Waals surface area (Å²) in [4.78, 5) is 35.1. The first-order valence-electron chi connectivity index (χ1n) is 7.71. The van der Waals surface area contributed by atoms with E-state index in [1.54, 1.807) is 24.3 Å². The largest absolute Gasteiger partial charge is 0.454 e. The van der Waals surface area contributed by atoms with Crippen LogP contribution in [0.25, 0.3) is 0 Å². The lowest BCUT2D eigenvalue weighted by molar-refractivity contribution is -0.145. The first-order valence-corrected chi connectivity index (χ1v) is 7.71. The van der Waals surface area contributed by atoms with E-state index in [-0.39, 0.29) is 17.9 Å². The van der Waals surface area contributed by atoms with Crippen LogP contribution in [0.3, 0.4) is 0 Å². The van der Waals surface area contributed by atoms with Crippen LogP contribution < -0.4 is 5.32 Å². The molecule has 2 aromatic rings. The first-order chi connectivity index (χ1) is 11.8. The Kier molecular flexibility index (Phi) is 6.00. The van der Waals surface area contributed by atoms with Gasteiger partial charge in [-0.25, -0.2) is 4.39 Å². The van der Waals surface area contributed by atoms with E-state index in [4.69, 9.17) is 4.74 Å². The van der Waals surface area contributed by atoms with Gasteiger partial charge in [-0.2, -0.15) is 0 Å². The predicted octanol–water partition coefficient (Wildman–Crippen LogP) is 3.14. The van der Waals surface area contributed by atoms with Gasteiger partial charge in [-0.15, -0.1) is 0 Å². The van der Waals surface area contributed by atoms with Crippen LogP contribution in [0.15, 0.2) is 48.5 Å². The fourth-order valence-corrected chi connectivity index (χ4v) is 2.22. The van der Waals surface area contributed by atoms with Crippen LogP contribution in [0.4, 0.5) is 10.1 Å². The number of carbonyl (C=O) groups is 3. The molecule has 0 radical (unpaired) electrons. The second-order valence-corrected chi connectivity index (χ2v) is 5.56. The third-order valence-corrected chi connectivity index (χ3v) is 3.43. The van der Waals surface area contributed by atoms with Crippen molar-refractivity contribution in [2.75, 3.05) is 5.32 Å². The highest BCUT2D eigenvalue weighted by Crippen LogP contribution is 2.12. The Morgan fingerprint density at radius 3 is 2.20 bits per heavy atom. The zero-order chi connectivity index (χ0) is 18.4. The van der Waals surface area contributed by atoms with Crippen molar-refractivity contribution in [2.45, 2.75) is 26.4 Å². The summed E-state index contributed by atoms with van der Waals surface area (Å²) in [5, 5.41) is 2.63. The second-order valence-electron chi connectivity index (χ2n) is 5.56. The van der Waals surface area contributed by atoms with Gasteiger partial charge in [0, 0.05) is 18.2 Å². The summed E-state index contributed by atoms with van der Waals surface area (Å²) >= 11 is 0. The molecule has 1 amide bonds. The van der Waals surface area contributed by atoms with Crippen molar-refractivity contribution in [3.8, 4) is 0 Å². The molecule has 0 heterocycles. The van der Waals surface area contributed by atoms with E-state index in [1.807, 2.05) is 0 Å². The molecule has 130 valence electrons. The summed E-state index contributed by atoms with van der Waals surface area (Å²) in [7, 11) is 0. The van der Waals surface area contributed by atoms with Gasteiger partial charge in [0.15, 0.2) is 6.10 Å². The van der Waals surface area contributed by atoms with Gasteiger partial charge >= 0.3 is 5.97 Å².